The maximum atomic E-state index is 12.8. The Kier molecular flexibility index (Phi) is 8.46. The van der Waals surface area contributed by atoms with Crippen LogP contribution in [0.3, 0.4) is 0 Å². The number of benzene rings is 3. The van der Waals surface area contributed by atoms with Gasteiger partial charge in [0, 0.05) is 17.3 Å². The van der Waals surface area contributed by atoms with Crippen molar-refractivity contribution < 1.29 is 28.5 Å². The van der Waals surface area contributed by atoms with Crippen molar-refractivity contribution in [3.63, 3.8) is 0 Å². The predicted molar refractivity (Wildman–Crippen MR) is 130 cm³/mol. The van der Waals surface area contributed by atoms with E-state index in [1.165, 1.54) is 27.4 Å². The van der Waals surface area contributed by atoms with Gasteiger partial charge >= 0.3 is 5.97 Å². The number of para-hydroxylation sites is 1. The Morgan fingerprint density at radius 3 is 2.29 bits per heavy atom. The second-order valence-electron chi connectivity index (χ2n) is 7.21. The number of hydrogen-bond acceptors (Lipinski definition) is 7. The van der Waals surface area contributed by atoms with Crippen LogP contribution < -0.4 is 19.5 Å². The van der Waals surface area contributed by atoms with Gasteiger partial charge in [0.2, 0.25) is 0 Å². The fourth-order valence-electron chi connectivity index (χ4n) is 3.16. The lowest BCUT2D eigenvalue weighted by atomic mass is 10.1. The van der Waals surface area contributed by atoms with Gasteiger partial charge in [-0.25, -0.2) is 4.79 Å². The van der Waals surface area contributed by atoms with Gasteiger partial charge in [-0.1, -0.05) is 30.3 Å². The van der Waals surface area contributed by atoms with Crippen LogP contribution in [0.25, 0.3) is 6.08 Å². The fourth-order valence-corrected chi connectivity index (χ4v) is 3.16. The maximum absolute atomic E-state index is 12.8. The summed E-state index contributed by atoms with van der Waals surface area (Å²) in [4.78, 5) is 24.3. The number of carbonyl (C=O) groups excluding carboxylic acids is 2. The molecule has 0 bridgehead atoms. The van der Waals surface area contributed by atoms with Crippen LogP contribution in [0, 0.1) is 11.3 Å². The molecule has 0 aliphatic heterocycles. The van der Waals surface area contributed by atoms with Crippen LogP contribution in [-0.2, 0) is 16.1 Å². The van der Waals surface area contributed by atoms with Crippen molar-refractivity contribution in [1.29, 1.82) is 5.26 Å². The average Bonchev–Trinajstić information content (AvgIpc) is 2.90. The number of carbonyl (C=O) groups is 2. The number of amides is 1. The van der Waals surface area contributed by atoms with Crippen LogP contribution in [0.5, 0.6) is 17.2 Å². The molecule has 1 amide bonds. The molecule has 3 aromatic rings. The first-order chi connectivity index (χ1) is 17.0. The molecule has 8 nitrogen and oxygen atoms in total. The highest BCUT2D eigenvalue weighted by Crippen LogP contribution is 2.30. The third-order valence-corrected chi connectivity index (χ3v) is 4.99. The third kappa shape index (κ3) is 6.39. The summed E-state index contributed by atoms with van der Waals surface area (Å²) in [7, 11) is 4.34. The minimum Gasteiger partial charge on any atom is -0.493 e. The highest BCUT2D eigenvalue weighted by molar-refractivity contribution is 6.10. The molecule has 0 fully saturated rings. The van der Waals surface area contributed by atoms with Crippen molar-refractivity contribution in [2.75, 3.05) is 26.6 Å². The molecule has 0 aliphatic carbocycles. The number of nitrogens with zero attached hydrogens (tertiary/aromatic N) is 1. The lowest BCUT2D eigenvalue weighted by molar-refractivity contribution is -0.112. The van der Waals surface area contributed by atoms with Gasteiger partial charge in [-0.3, -0.25) is 4.79 Å². The third-order valence-electron chi connectivity index (χ3n) is 4.99. The SMILES string of the molecule is COC(=O)c1ccc(COc2ccccc2/C=C(\C#N)C(=O)Nc2ccc(OC)c(OC)c2)cc1. The summed E-state index contributed by atoms with van der Waals surface area (Å²) in [6.45, 7) is 0.228. The molecule has 0 atom stereocenters. The normalized spacial score (nSPS) is 10.6. The summed E-state index contributed by atoms with van der Waals surface area (Å²) in [6.07, 6.45) is 1.46. The predicted octanol–water partition coefficient (Wildman–Crippen LogP) is 4.62. The molecular formula is C27H24N2O6. The van der Waals surface area contributed by atoms with Crippen LogP contribution in [0.4, 0.5) is 5.69 Å². The zero-order valence-electron chi connectivity index (χ0n) is 19.5. The van der Waals surface area contributed by atoms with Gasteiger partial charge in [-0.05, 0) is 42.0 Å². The first-order valence-corrected chi connectivity index (χ1v) is 10.5. The monoisotopic (exact) mass is 472 g/mol. The van der Waals surface area contributed by atoms with Crippen molar-refractivity contribution in [3.05, 3.63) is 89.0 Å². The van der Waals surface area contributed by atoms with Gasteiger partial charge < -0.3 is 24.3 Å². The van der Waals surface area contributed by atoms with Crippen LogP contribution >= 0.6 is 0 Å². The Bertz CT molecular complexity index is 1280. The van der Waals surface area contributed by atoms with E-state index in [2.05, 4.69) is 5.32 Å². The molecule has 0 heterocycles. The molecule has 0 aromatic heterocycles. The largest absolute Gasteiger partial charge is 0.493 e. The zero-order valence-corrected chi connectivity index (χ0v) is 19.5. The van der Waals surface area contributed by atoms with Crippen LogP contribution in [0.1, 0.15) is 21.5 Å². The summed E-state index contributed by atoms with van der Waals surface area (Å²) < 4.78 is 21.1. The number of ether oxygens (including phenoxy) is 4. The first kappa shape index (κ1) is 24.9. The Morgan fingerprint density at radius 2 is 1.63 bits per heavy atom. The quantitative estimate of drug-likeness (QED) is 0.275. The Hall–Kier alpha value is -4.77. The standard InChI is InChI=1S/C27H24N2O6/c1-32-24-13-12-22(15-25(24)33-2)29-26(30)21(16-28)14-20-6-4-5-7-23(20)35-17-18-8-10-19(11-9-18)27(31)34-3/h4-15H,17H2,1-3H3,(H,29,30)/b21-14+. The topological polar surface area (TPSA) is 107 Å². The molecule has 0 radical (unpaired) electrons. The second kappa shape index (κ2) is 11.9. The molecule has 35 heavy (non-hydrogen) atoms. The number of rotatable bonds is 9. The van der Waals surface area contributed by atoms with Crippen molar-refractivity contribution >= 4 is 23.6 Å². The molecule has 0 unspecified atom stereocenters. The molecule has 178 valence electrons. The van der Waals surface area contributed by atoms with E-state index in [4.69, 9.17) is 18.9 Å². The van der Waals surface area contributed by atoms with E-state index >= 15 is 0 Å². The highest BCUT2D eigenvalue weighted by Gasteiger charge is 2.13. The Labute approximate surface area is 203 Å². The van der Waals surface area contributed by atoms with E-state index in [-0.39, 0.29) is 12.2 Å². The van der Waals surface area contributed by atoms with Crippen LogP contribution in [0.2, 0.25) is 0 Å². The fraction of sp³-hybridized carbons (Fsp3) is 0.148. The molecule has 8 heteroatoms. The molecule has 0 saturated carbocycles. The lowest BCUT2D eigenvalue weighted by Crippen LogP contribution is -2.13. The number of hydrogen-bond donors (Lipinski definition) is 1. The van der Waals surface area contributed by atoms with Crippen molar-refractivity contribution in [1.82, 2.24) is 0 Å². The van der Waals surface area contributed by atoms with Gasteiger partial charge in [0.1, 0.15) is 24.0 Å². The maximum Gasteiger partial charge on any atom is 0.337 e. The summed E-state index contributed by atoms with van der Waals surface area (Å²) in [5.74, 6) is 0.478. The number of nitriles is 1. The number of nitrogens with one attached hydrogen (secondary N) is 1. The van der Waals surface area contributed by atoms with Gasteiger partial charge in [0.15, 0.2) is 11.5 Å². The van der Waals surface area contributed by atoms with Crippen LogP contribution in [-0.4, -0.2) is 33.2 Å². The van der Waals surface area contributed by atoms with E-state index in [0.717, 1.165) is 5.56 Å². The zero-order chi connectivity index (χ0) is 25.2. The highest BCUT2D eigenvalue weighted by atomic mass is 16.5. The second-order valence-corrected chi connectivity index (χ2v) is 7.21. The van der Waals surface area contributed by atoms with Crippen LogP contribution in [0.15, 0.2) is 72.3 Å². The molecule has 3 rings (SSSR count). The summed E-state index contributed by atoms with van der Waals surface area (Å²) >= 11 is 0. The minimum absolute atomic E-state index is 0.0988. The van der Waals surface area contributed by atoms with Crippen molar-refractivity contribution in [2.24, 2.45) is 0 Å². The summed E-state index contributed by atoms with van der Waals surface area (Å²) in [5, 5.41) is 12.3. The van der Waals surface area contributed by atoms with E-state index in [9.17, 15) is 14.9 Å². The molecule has 3 aromatic carbocycles. The number of anilines is 1. The minimum atomic E-state index is -0.576. The van der Waals surface area contributed by atoms with E-state index < -0.39 is 11.9 Å². The lowest BCUT2D eigenvalue weighted by Gasteiger charge is -2.11. The van der Waals surface area contributed by atoms with E-state index in [1.807, 2.05) is 6.07 Å². The van der Waals surface area contributed by atoms with Gasteiger partial charge in [0.25, 0.3) is 5.91 Å². The average molecular weight is 472 g/mol. The number of methoxy groups -OCH3 is 3. The van der Waals surface area contributed by atoms with Gasteiger partial charge in [-0.2, -0.15) is 5.26 Å². The van der Waals surface area contributed by atoms with Crippen molar-refractivity contribution in [3.8, 4) is 23.3 Å². The Balaban J connectivity index is 1.75. The van der Waals surface area contributed by atoms with E-state index in [1.54, 1.807) is 66.7 Å². The number of esters is 1. The Morgan fingerprint density at radius 1 is 0.914 bits per heavy atom. The molecule has 0 saturated heterocycles. The van der Waals surface area contributed by atoms with Gasteiger partial charge in [0.05, 0.1) is 26.9 Å². The van der Waals surface area contributed by atoms with E-state index in [0.29, 0.717) is 34.1 Å². The summed E-state index contributed by atoms with van der Waals surface area (Å²) in [6, 6.07) is 20.8. The van der Waals surface area contributed by atoms with Gasteiger partial charge in [-0.15, -0.1) is 0 Å². The first-order valence-electron chi connectivity index (χ1n) is 10.5. The molecule has 1 N–H and O–H groups in total. The molecule has 0 spiro atoms. The molecular weight excluding hydrogens is 448 g/mol. The van der Waals surface area contributed by atoms with Crippen molar-refractivity contribution in [2.45, 2.75) is 6.61 Å². The smallest absolute Gasteiger partial charge is 0.337 e. The summed E-state index contributed by atoms with van der Waals surface area (Å²) in [5.41, 5.74) is 2.20. The molecule has 0 aliphatic rings.